The van der Waals surface area contributed by atoms with E-state index in [-0.39, 0.29) is 10.8 Å². The molecule has 29 heavy (non-hydrogen) atoms. The van der Waals surface area contributed by atoms with Gasteiger partial charge >= 0.3 is 0 Å². The number of rotatable bonds is 4. The quantitative estimate of drug-likeness (QED) is 0.493. The third kappa shape index (κ3) is 2.76. The lowest BCUT2D eigenvalue weighted by molar-refractivity contribution is 0.117. The summed E-state index contributed by atoms with van der Waals surface area (Å²) >= 11 is 7.65. The molecule has 9 heteroatoms. The number of phenols is 1. The summed E-state index contributed by atoms with van der Waals surface area (Å²) in [6, 6.07) is 14.5. The molecule has 0 spiro atoms. The minimum absolute atomic E-state index is 0.0514. The highest BCUT2D eigenvalue weighted by Gasteiger charge is 2.45. The van der Waals surface area contributed by atoms with Gasteiger partial charge in [0.15, 0.2) is 5.54 Å². The number of hydrogen-bond acceptors (Lipinski definition) is 7. The molecule has 0 amide bonds. The van der Waals surface area contributed by atoms with Crippen molar-refractivity contribution in [1.29, 1.82) is 0 Å². The highest BCUT2D eigenvalue weighted by molar-refractivity contribution is 7.20. The van der Waals surface area contributed by atoms with E-state index in [1.165, 1.54) is 23.6 Å². The Bertz CT molecular complexity index is 1250. The van der Waals surface area contributed by atoms with E-state index in [2.05, 4.69) is 20.4 Å². The lowest BCUT2D eigenvalue weighted by Crippen LogP contribution is -2.33. The third-order valence-corrected chi connectivity index (χ3v) is 6.40. The van der Waals surface area contributed by atoms with Gasteiger partial charge < -0.3 is 10.2 Å². The van der Waals surface area contributed by atoms with E-state index in [1.807, 2.05) is 34.7 Å². The van der Waals surface area contributed by atoms with Gasteiger partial charge in [0.2, 0.25) is 0 Å². The Morgan fingerprint density at radius 2 is 1.97 bits per heavy atom. The number of aliphatic hydroxyl groups excluding tert-OH is 1. The largest absolute Gasteiger partial charge is 0.506 e. The molecule has 0 fully saturated rings. The monoisotopic (exact) mass is 423 g/mol. The van der Waals surface area contributed by atoms with Gasteiger partial charge in [0.1, 0.15) is 23.0 Å². The average molecular weight is 424 g/mol. The van der Waals surface area contributed by atoms with Crippen LogP contribution in [0.15, 0.2) is 76.5 Å². The van der Waals surface area contributed by atoms with E-state index in [1.54, 1.807) is 24.7 Å². The Hall–Kier alpha value is -3.07. The molecule has 1 aliphatic rings. The van der Waals surface area contributed by atoms with Crippen molar-refractivity contribution in [3.05, 3.63) is 77.3 Å². The molecule has 144 valence electrons. The van der Waals surface area contributed by atoms with Gasteiger partial charge in [0.05, 0.1) is 28.0 Å². The van der Waals surface area contributed by atoms with Crippen LogP contribution < -0.4 is 0 Å². The number of benzene rings is 2. The van der Waals surface area contributed by atoms with Gasteiger partial charge in [0, 0.05) is 0 Å². The lowest BCUT2D eigenvalue weighted by atomic mass is 9.84. The smallest absolute Gasteiger partial charge is 0.177 e. The van der Waals surface area contributed by atoms with Gasteiger partial charge in [-0.05, 0) is 28.5 Å². The molecule has 2 unspecified atom stereocenters. The molecular formula is C20H14ClN5O2S. The number of aromatic nitrogens is 2. The predicted molar refractivity (Wildman–Crippen MR) is 112 cm³/mol. The van der Waals surface area contributed by atoms with Crippen LogP contribution in [-0.4, -0.2) is 25.8 Å². The van der Waals surface area contributed by atoms with Crippen LogP contribution in [0.3, 0.4) is 0 Å². The molecule has 4 aromatic rings. The van der Waals surface area contributed by atoms with Gasteiger partial charge in [0.25, 0.3) is 0 Å². The van der Waals surface area contributed by atoms with E-state index in [9.17, 15) is 10.2 Å². The molecular weight excluding hydrogens is 410 g/mol. The zero-order valence-corrected chi connectivity index (χ0v) is 16.4. The summed E-state index contributed by atoms with van der Waals surface area (Å²) in [4.78, 5) is 6.00. The number of halogens is 1. The van der Waals surface area contributed by atoms with Crippen LogP contribution in [0.25, 0.3) is 15.3 Å². The second-order valence-corrected chi connectivity index (χ2v) is 8.05. The predicted octanol–water partition coefficient (Wildman–Crippen LogP) is 4.80. The van der Waals surface area contributed by atoms with Crippen LogP contribution in [0.2, 0.25) is 5.02 Å². The molecule has 0 saturated heterocycles. The minimum atomic E-state index is -1.28. The molecule has 1 aliphatic heterocycles. The number of nitrogens with zero attached hydrogens (tertiary/aromatic N) is 5. The number of aromatic hydroxyl groups is 1. The van der Waals surface area contributed by atoms with Gasteiger partial charge in [-0.2, -0.15) is 0 Å². The molecule has 2 aromatic heterocycles. The maximum absolute atomic E-state index is 11.6. The van der Waals surface area contributed by atoms with E-state index in [0.29, 0.717) is 11.3 Å². The molecule has 7 nitrogen and oxygen atoms in total. The number of hydrogen-bond donors (Lipinski definition) is 2. The Kier molecular flexibility index (Phi) is 4.20. The summed E-state index contributed by atoms with van der Waals surface area (Å²) < 4.78 is 1.85. The second-order valence-electron chi connectivity index (χ2n) is 6.61. The van der Waals surface area contributed by atoms with E-state index < -0.39 is 11.6 Å². The third-order valence-electron chi connectivity index (χ3n) is 4.94. The van der Waals surface area contributed by atoms with Gasteiger partial charge in [-0.1, -0.05) is 48.0 Å². The summed E-state index contributed by atoms with van der Waals surface area (Å²) in [7, 11) is 0. The van der Waals surface area contributed by atoms with Gasteiger partial charge in [-0.15, -0.1) is 21.6 Å². The van der Waals surface area contributed by atoms with Crippen LogP contribution in [0.4, 0.5) is 0 Å². The fourth-order valence-corrected chi connectivity index (χ4v) is 4.79. The summed E-state index contributed by atoms with van der Waals surface area (Å²) in [6.45, 7) is 0. The molecule has 2 aromatic carbocycles. The number of thiazole rings is 1. The number of imidazole rings is 1. The zero-order chi connectivity index (χ0) is 20.0. The van der Waals surface area contributed by atoms with E-state index in [4.69, 9.17) is 11.6 Å². The normalized spacial score (nSPS) is 19.2. The highest BCUT2D eigenvalue weighted by Crippen LogP contribution is 2.46. The number of phenolic OH excluding ortho intramolecular Hbond substituents is 1. The van der Waals surface area contributed by atoms with Crippen LogP contribution in [0, 0.1) is 0 Å². The maximum Gasteiger partial charge on any atom is 0.177 e. The molecule has 0 radical (unpaired) electrons. The standard InChI is InChI=1S/C20H14ClN5O2S/c21-14-8-13(6-7-15(14)27)20(10-23-25-24-20)19(28)17-18(12-4-2-1-3-5-12)29-16-9-22-11-26(16)17/h1-11,19,27-28H. The highest BCUT2D eigenvalue weighted by atomic mass is 35.5. The maximum atomic E-state index is 11.6. The van der Waals surface area contributed by atoms with E-state index in [0.717, 1.165) is 15.3 Å². The molecule has 3 heterocycles. The molecule has 0 aliphatic carbocycles. The summed E-state index contributed by atoms with van der Waals surface area (Å²) in [6.07, 6.45) is 3.78. The first kappa shape index (κ1) is 18.0. The fourth-order valence-electron chi connectivity index (χ4n) is 3.48. The molecule has 0 bridgehead atoms. The first-order valence-electron chi connectivity index (χ1n) is 8.74. The van der Waals surface area contributed by atoms with Crippen molar-refractivity contribution >= 4 is 34.0 Å². The van der Waals surface area contributed by atoms with Crippen molar-refractivity contribution in [3.8, 4) is 16.2 Å². The first-order valence-corrected chi connectivity index (χ1v) is 9.93. The summed E-state index contributed by atoms with van der Waals surface area (Å²) in [5.41, 5.74) is 0.890. The van der Waals surface area contributed by atoms with Crippen molar-refractivity contribution in [3.63, 3.8) is 0 Å². The topological polar surface area (TPSA) is 94.8 Å². The zero-order valence-electron chi connectivity index (χ0n) is 14.8. The van der Waals surface area contributed by atoms with Crippen molar-refractivity contribution < 1.29 is 10.2 Å². The van der Waals surface area contributed by atoms with Crippen molar-refractivity contribution in [2.75, 3.05) is 0 Å². The Labute approximate surface area is 174 Å². The van der Waals surface area contributed by atoms with Crippen LogP contribution in [0.5, 0.6) is 5.75 Å². The van der Waals surface area contributed by atoms with Crippen LogP contribution in [-0.2, 0) is 5.54 Å². The van der Waals surface area contributed by atoms with Crippen molar-refractivity contribution in [2.24, 2.45) is 15.4 Å². The fraction of sp³-hybridized carbons (Fsp3) is 0.100. The van der Waals surface area contributed by atoms with Gasteiger partial charge in [-0.3, -0.25) is 4.40 Å². The van der Waals surface area contributed by atoms with Crippen LogP contribution in [0.1, 0.15) is 17.4 Å². The van der Waals surface area contributed by atoms with E-state index >= 15 is 0 Å². The van der Waals surface area contributed by atoms with Crippen molar-refractivity contribution in [1.82, 2.24) is 9.38 Å². The van der Waals surface area contributed by atoms with Crippen LogP contribution >= 0.6 is 22.9 Å². The Balaban J connectivity index is 1.73. The molecule has 2 atom stereocenters. The SMILES string of the molecule is Oc1ccc(C2(C(O)c3c(-c4ccccc4)sc4cncn34)C=NN=N2)cc1Cl. The summed E-state index contributed by atoms with van der Waals surface area (Å²) in [5.74, 6) is -0.0514. The lowest BCUT2D eigenvalue weighted by Gasteiger charge is -2.28. The number of fused-ring (bicyclic) bond motifs is 1. The summed E-state index contributed by atoms with van der Waals surface area (Å²) in [5, 5.41) is 33.6. The number of aliphatic hydroxyl groups is 1. The Morgan fingerprint density at radius 1 is 1.14 bits per heavy atom. The first-order chi connectivity index (χ1) is 14.1. The Morgan fingerprint density at radius 3 is 2.69 bits per heavy atom. The minimum Gasteiger partial charge on any atom is -0.506 e. The van der Waals surface area contributed by atoms with Crippen molar-refractivity contribution in [2.45, 2.75) is 11.6 Å². The molecule has 2 N–H and O–H groups in total. The molecule has 5 rings (SSSR count). The molecule has 0 saturated carbocycles. The average Bonchev–Trinajstić information content (AvgIpc) is 3.46. The second kappa shape index (κ2) is 6.77. The van der Waals surface area contributed by atoms with Gasteiger partial charge in [-0.25, -0.2) is 4.98 Å².